The van der Waals surface area contributed by atoms with Gasteiger partial charge in [-0.25, -0.2) is 4.39 Å². The minimum atomic E-state index is -4.85. The van der Waals surface area contributed by atoms with E-state index in [0.29, 0.717) is 17.0 Å². The Labute approximate surface area is 219 Å². The molecule has 2 aromatic carbocycles. The monoisotopic (exact) mass is 560 g/mol. The van der Waals surface area contributed by atoms with Crippen LogP contribution in [-0.4, -0.2) is 35.7 Å². The Morgan fingerprint density at radius 3 is 2.19 bits per heavy atom. The van der Waals surface area contributed by atoms with Crippen LogP contribution >= 0.6 is 34.8 Å². The Bertz CT molecular complexity index is 1260. The number of oxime groups is 1. The van der Waals surface area contributed by atoms with E-state index in [0.717, 1.165) is 12.1 Å². The first-order valence-electron chi connectivity index (χ1n) is 10.8. The highest BCUT2D eigenvalue weighted by atomic mass is 35.5. The number of halogens is 7. The van der Waals surface area contributed by atoms with Gasteiger partial charge in [-0.2, -0.15) is 23.4 Å². The van der Waals surface area contributed by atoms with Crippen LogP contribution in [-0.2, 0) is 16.1 Å². The molecule has 190 valence electrons. The number of aliphatic imine (C=N–C) groups is 1. The molecule has 4 rings (SSSR count). The summed E-state index contributed by atoms with van der Waals surface area (Å²) < 4.78 is 58.2. The lowest BCUT2D eigenvalue weighted by Gasteiger charge is -2.47. The summed E-state index contributed by atoms with van der Waals surface area (Å²) in [4.78, 5) is 10.5. The first kappa shape index (κ1) is 26.5. The summed E-state index contributed by atoms with van der Waals surface area (Å²) in [6.45, 7) is 3.76. The predicted molar refractivity (Wildman–Crippen MR) is 130 cm³/mol. The molecule has 0 radical (unpaired) electrons. The molecule has 1 unspecified atom stereocenters. The summed E-state index contributed by atoms with van der Waals surface area (Å²) in [6, 6.07) is 8.14. The van der Waals surface area contributed by atoms with Crippen LogP contribution < -0.4 is 0 Å². The van der Waals surface area contributed by atoms with Crippen LogP contribution in [0.5, 0.6) is 0 Å². The average Bonchev–Trinajstić information content (AvgIpc) is 3.26. The summed E-state index contributed by atoms with van der Waals surface area (Å²) in [5, 5.41) is 12.2. The van der Waals surface area contributed by atoms with Gasteiger partial charge in [0.25, 0.3) is 5.60 Å². The third kappa shape index (κ3) is 4.51. The number of hydrogen-bond acceptors (Lipinski definition) is 4. The Morgan fingerprint density at radius 1 is 1.11 bits per heavy atom. The normalized spacial score (nSPS) is 21.6. The molecule has 2 heterocycles. The summed E-state index contributed by atoms with van der Waals surface area (Å²) >= 11 is 17.8. The van der Waals surface area contributed by atoms with Gasteiger partial charge in [0.15, 0.2) is 5.67 Å². The zero-order valence-electron chi connectivity index (χ0n) is 19.0. The minimum Gasteiger partial charge on any atom is -0.374 e. The Balaban J connectivity index is 1.55. The van der Waals surface area contributed by atoms with Crippen LogP contribution in [0.2, 0.25) is 15.1 Å². The van der Waals surface area contributed by atoms with Crippen molar-refractivity contribution < 1.29 is 22.4 Å². The molecule has 2 aliphatic heterocycles. The van der Waals surface area contributed by atoms with Gasteiger partial charge in [0.2, 0.25) is 6.19 Å². The average molecular weight is 562 g/mol. The molecule has 0 aromatic heterocycles. The van der Waals surface area contributed by atoms with Gasteiger partial charge in [-0.05, 0) is 23.3 Å². The Morgan fingerprint density at radius 2 is 1.69 bits per heavy atom. The first-order chi connectivity index (χ1) is 16.8. The van der Waals surface area contributed by atoms with Crippen LogP contribution in [0.1, 0.15) is 37.0 Å². The van der Waals surface area contributed by atoms with E-state index in [1.165, 1.54) is 24.3 Å². The molecule has 12 heteroatoms. The van der Waals surface area contributed by atoms with Gasteiger partial charge in [0.05, 0.1) is 33.9 Å². The van der Waals surface area contributed by atoms with Crippen LogP contribution in [0.25, 0.3) is 0 Å². The maximum atomic E-state index is 15.5. The van der Waals surface area contributed by atoms with E-state index in [4.69, 9.17) is 44.9 Å². The highest BCUT2D eigenvalue weighted by Crippen LogP contribution is 2.50. The van der Waals surface area contributed by atoms with Crippen LogP contribution in [0.4, 0.5) is 17.6 Å². The number of nitrogens with zero attached hydrogens (tertiary/aromatic N) is 4. The fourth-order valence-electron chi connectivity index (χ4n) is 4.33. The number of amidine groups is 1. The second-order valence-corrected chi connectivity index (χ2v) is 10.2. The lowest BCUT2D eigenvalue weighted by Crippen LogP contribution is -2.59. The molecule has 0 amide bonds. The molecule has 1 fully saturated rings. The summed E-state index contributed by atoms with van der Waals surface area (Å²) in [5.41, 5.74) is -4.06. The third-order valence-corrected chi connectivity index (χ3v) is 7.46. The fourth-order valence-corrected chi connectivity index (χ4v) is 4.92. The van der Waals surface area contributed by atoms with Crippen LogP contribution in [0.3, 0.4) is 0 Å². The summed E-state index contributed by atoms with van der Waals surface area (Å²) in [5.74, 6) is 0.460. The van der Waals surface area contributed by atoms with Crippen molar-refractivity contribution in [1.82, 2.24) is 4.90 Å². The molecule has 0 spiro atoms. The summed E-state index contributed by atoms with van der Waals surface area (Å²) in [7, 11) is 0. The molecule has 2 aromatic rings. The second kappa shape index (κ2) is 9.40. The zero-order chi connectivity index (χ0) is 26.5. The van der Waals surface area contributed by atoms with E-state index in [1.54, 1.807) is 11.1 Å². The highest BCUT2D eigenvalue weighted by Gasteiger charge is 2.62. The number of hydrogen-bond donors (Lipinski definition) is 0. The molecule has 0 bridgehead atoms. The van der Waals surface area contributed by atoms with Gasteiger partial charge in [0.1, 0.15) is 5.84 Å². The van der Waals surface area contributed by atoms with E-state index in [-0.39, 0.29) is 45.4 Å². The topological polar surface area (TPSA) is 61.0 Å². The van der Waals surface area contributed by atoms with Crippen LogP contribution in [0, 0.1) is 17.4 Å². The maximum absolute atomic E-state index is 15.5. The van der Waals surface area contributed by atoms with Crippen molar-refractivity contribution in [2.24, 2.45) is 16.1 Å². The van der Waals surface area contributed by atoms with Gasteiger partial charge in [0, 0.05) is 17.9 Å². The smallest absolute Gasteiger partial charge is 0.374 e. The van der Waals surface area contributed by atoms with E-state index in [9.17, 15) is 13.2 Å². The fraction of sp³-hybridized carbons (Fsp3) is 0.375. The lowest BCUT2D eigenvalue weighted by atomic mass is 9.84. The highest BCUT2D eigenvalue weighted by molar-refractivity contribution is 6.48. The van der Waals surface area contributed by atoms with Crippen molar-refractivity contribution in [2.75, 3.05) is 13.1 Å². The van der Waals surface area contributed by atoms with E-state index >= 15 is 4.39 Å². The number of alkyl halides is 4. The van der Waals surface area contributed by atoms with Crippen LogP contribution in [0.15, 0.2) is 46.5 Å². The van der Waals surface area contributed by atoms with Gasteiger partial charge in [-0.1, -0.05) is 78.1 Å². The van der Waals surface area contributed by atoms with Crippen molar-refractivity contribution in [2.45, 2.75) is 37.7 Å². The van der Waals surface area contributed by atoms with E-state index in [1.807, 2.05) is 13.8 Å². The van der Waals surface area contributed by atoms with Crippen molar-refractivity contribution >= 4 is 46.4 Å². The lowest BCUT2D eigenvalue weighted by molar-refractivity contribution is -0.275. The molecule has 0 aliphatic carbocycles. The molecule has 0 saturated carbocycles. The molecular weight excluding hydrogens is 543 g/mol. The zero-order valence-corrected chi connectivity index (χ0v) is 21.3. The van der Waals surface area contributed by atoms with E-state index < -0.39 is 23.9 Å². The predicted octanol–water partition coefficient (Wildman–Crippen LogP) is 7.24. The molecule has 36 heavy (non-hydrogen) atoms. The Hall–Kier alpha value is -2.54. The van der Waals surface area contributed by atoms with Crippen molar-refractivity contribution in [3.8, 4) is 6.19 Å². The number of rotatable bonds is 4. The first-order valence-corrected chi connectivity index (χ1v) is 11.9. The number of nitriles is 1. The summed E-state index contributed by atoms with van der Waals surface area (Å²) in [6.07, 6.45) is -3.75. The standard InChI is InChI=1S/C24H19Cl3F4N4O/c1-13(2)21(33-12-32)35-10-22(28,11-35)15-5-3-14(4-6-15)19-9-23(36-34-19,24(29,30)31)16-7-17(25)20(27)18(26)8-16/h3-8,13H,9-11H2,1-2H3. The number of likely N-dealkylation sites (tertiary alicyclic amines) is 1. The molecule has 2 aliphatic rings. The van der Waals surface area contributed by atoms with Gasteiger partial charge >= 0.3 is 6.18 Å². The van der Waals surface area contributed by atoms with Crippen molar-refractivity contribution in [3.63, 3.8) is 0 Å². The molecular formula is C24H19Cl3F4N4O. The van der Waals surface area contributed by atoms with Gasteiger partial charge in [-0.3, -0.25) is 0 Å². The molecule has 1 atom stereocenters. The van der Waals surface area contributed by atoms with Crippen molar-refractivity contribution in [1.29, 1.82) is 5.26 Å². The maximum Gasteiger partial charge on any atom is 0.435 e. The van der Waals surface area contributed by atoms with Crippen molar-refractivity contribution in [3.05, 3.63) is 68.2 Å². The molecule has 0 N–H and O–H groups in total. The minimum absolute atomic E-state index is 0.0182. The van der Waals surface area contributed by atoms with Gasteiger partial charge < -0.3 is 9.74 Å². The Kier molecular flexibility index (Phi) is 6.93. The van der Waals surface area contributed by atoms with E-state index in [2.05, 4.69) is 10.1 Å². The SMILES string of the molecule is CC(C)C(=NC#N)N1CC(F)(c2ccc(C3=NOC(c4cc(Cl)c(Cl)c(Cl)c4)(C(F)(F)F)C3)cc2)C1. The second-order valence-electron chi connectivity index (χ2n) is 9.01. The number of benzene rings is 2. The third-order valence-electron chi connectivity index (χ3n) is 6.26. The molecule has 1 saturated heterocycles. The quantitative estimate of drug-likeness (QED) is 0.130. The largest absolute Gasteiger partial charge is 0.435 e. The van der Waals surface area contributed by atoms with Gasteiger partial charge in [-0.15, -0.1) is 0 Å². The molecule has 5 nitrogen and oxygen atoms in total.